The highest BCUT2D eigenvalue weighted by molar-refractivity contribution is 9.10. The summed E-state index contributed by atoms with van der Waals surface area (Å²) in [5.41, 5.74) is 2.42. The zero-order valence-corrected chi connectivity index (χ0v) is 17.2. The molecule has 4 aromatic rings. The Balaban J connectivity index is 1.68. The Labute approximate surface area is 175 Å². The third-order valence-electron chi connectivity index (χ3n) is 5.13. The topological polar surface area (TPSA) is 84.2 Å². The van der Waals surface area contributed by atoms with Crippen LogP contribution >= 0.6 is 15.9 Å². The maximum Gasteiger partial charge on any atom is 0.242 e. The van der Waals surface area contributed by atoms with Gasteiger partial charge in [0.1, 0.15) is 6.04 Å². The Morgan fingerprint density at radius 3 is 2.79 bits per heavy atom. The number of carbonyl (C=O) groups is 1. The fourth-order valence-electron chi connectivity index (χ4n) is 3.64. The van der Waals surface area contributed by atoms with Crippen molar-refractivity contribution in [1.82, 2.24) is 24.9 Å². The van der Waals surface area contributed by atoms with Gasteiger partial charge in [-0.15, -0.1) is 5.10 Å². The molecule has 5 rings (SSSR count). The minimum Gasteiger partial charge on any atom is -0.354 e. The lowest BCUT2D eigenvalue weighted by Gasteiger charge is -2.16. The van der Waals surface area contributed by atoms with Crippen molar-refractivity contribution >= 4 is 44.3 Å². The minimum absolute atomic E-state index is 0.00301. The van der Waals surface area contributed by atoms with Gasteiger partial charge in [0.25, 0.3) is 0 Å². The van der Waals surface area contributed by atoms with Crippen molar-refractivity contribution in [3.05, 3.63) is 53.0 Å². The van der Waals surface area contributed by atoms with Gasteiger partial charge in [-0.25, -0.2) is 9.97 Å². The molecule has 146 valence electrons. The number of hydrogen-bond acceptors (Lipinski definition) is 5. The molecular weight excluding hydrogens is 432 g/mol. The fourth-order valence-corrected chi connectivity index (χ4v) is 4.10. The van der Waals surface area contributed by atoms with E-state index in [0.29, 0.717) is 24.0 Å². The van der Waals surface area contributed by atoms with Gasteiger partial charge in [0, 0.05) is 22.0 Å². The Morgan fingerprint density at radius 2 is 1.90 bits per heavy atom. The lowest BCUT2D eigenvalue weighted by molar-refractivity contribution is -0.121. The molecule has 0 bridgehead atoms. The lowest BCUT2D eigenvalue weighted by Crippen LogP contribution is -2.38. The first-order valence-electron chi connectivity index (χ1n) is 9.65. The number of amides is 1. The Bertz CT molecular complexity index is 1220. The Morgan fingerprint density at radius 1 is 1.07 bits per heavy atom. The smallest absolute Gasteiger partial charge is 0.242 e. The molecule has 1 saturated heterocycles. The normalized spacial score (nSPS) is 17.3. The summed E-state index contributed by atoms with van der Waals surface area (Å²) in [5, 5.41) is 11.9. The first-order chi connectivity index (χ1) is 14.2. The van der Waals surface area contributed by atoms with Gasteiger partial charge < -0.3 is 10.6 Å². The standard InChI is InChI=1S/C21H19BrN6O/c22-15-9-3-1-7-13(15)18-26-19-14-8-2-4-10-16(14)24-21(28(19)27-18)25-17-11-5-6-12-23-20(17)29/h1-4,7-10,17H,5-6,11-12H2,(H,23,29)(H,24,25)/t17-/m0/s1. The van der Waals surface area contributed by atoms with E-state index in [2.05, 4.69) is 26.6 Å². The first kappa shape index (κ1) is 18.1. The predicted molar refractivity (Wildman–Crippen MR) is 116 cm³/mol. The van der Waals surface area contributed by atoms with E-state index in [-0.39, 0.29) is 11.9 Å². The summed E-state index contributed by atoms with van der Waals surface area (Å²) in [6.07, 6.45) is 2.72. The van der Waals surface area contributed by atoms with Crippen LogP contribution in [0.2, 0.25) is 0 Å². The molecule has 1 aliphatic heterocycles. The van der Waals surface area contributed by atoms with E-state index in [1.165, 1.54) is 0 Å². The summed E-state index contributed by atoms with van der Waals surface area (Å²) in [4.78, 5) is 22.0. The van der Waals surface area contributed by atoms with Crippen molar-refractivity contribution < 1.29 is 4.79 Å². The average Bonchev–Trinajstić information content (AvgIpc) is 3.08. The van der Waals surface area contributed by atoms with Crippen LogP contribution in [0.4, 0.5) is 5.95 Å². The number of benzene rings is 2. The molecule has 1 amide bonds. The maximum atomic E-state index is 12.4. The van der Waals surface area contributed by atoms with Crippen LogP contribution in [0.15, 0.2) is 53.0 Å². The number of rotatable bonds is 3. The van der Waals surface area contributed by atoms with Crippen LogP contribution in [0.1, 0.15) is 19.3 Å². The summed E-state index contributed by atoms with van der Waals surface area (Å²) < 4.78 is 2.63. The van der Waals surface area contributed by atoms with Crippen LogP contribution in [0.3, 0.4) is 0 Å². The zero-order chi connectivity index (χ0) is 19.8. The summed E-state index contributed by atoms with van der Waals surface area (Å²) >= 11 is 3.58. The van der Waals surface area contributed by atoms with Crippen molar-refractivity contribution in [3.8, 4) is 11.4 Å². The second kappa shape index (κ2) is 7.44. The number of para-hydroxylation sites is 1. The van der Waals surface area contributed by atoms with Gasteiger partial charge in [0.05, 0.1) is 5.52 Å². The summed E-state index contributed by atoms with van der Waals surface area (Å²) in [6.45, 7) is 0.715. The van der Waals surface area contributed by atoms with Gasteiger partial charge in [0.2, 0.25) is 11.9 Å². The Kier molecular flexibility index (Phi) is 4.63. The summed E-state index contributed by atoms with van der Waals surface area (Å²) in [6, 6.07) is 15.3. The van der Waals surface area contributed by atoms with Crippen LogP contribution in [-0.4, -0.2) is 38.1 Å². The highest BCUT2D eigenvalue weighted by Crippen LogP contribution is 2.28. The Hall–Kier alpha value is -3.00. The molecule has 7 nitrogen and oxygen atoms in total. The number of nitrogens with one attached hydrogen (secondary N) is 2. The van der Waals surface area contributed by atoms with Crippen LogP contribution in [0, 0.1) is 0 Å². The average molecular weight is 451 g/mol. The third-order valence-corrected chi connectivity index (χ3v) is 5.82. The SMILES string of the molecule is O=C1NCCCC[C@@H]1Nc1nc2ccccc2c2nc(-c3ccccc3Br)nn12. The number of halogens is 1. The molecule has 3 heterocycles. The van der Waals surface area contributed by atoms with Crippen molar-refractivity contribution in [2.24, 2.45) is 0 Å². The molecule has 8 heteroatoms. The fraction of sp³-hybridized carbons (Fsp3) is 0.238. The number of carbonyl (C=O) groups excluding carboxylic acids is 1. The third kappa shape index (κ3) is 3.33. The summed E-state index contributed by atoms with van der Waals surface area (Å²) in [7, 11) is 0. The maximum absolute atomic E-state index is 12.4. The van der Waals surface area contributed by atoms with Gasteiger partial charge >= 0.3 is 0 Å². The molecule has 2 aromatic heterocycles. The van der Waals surface area contributed by atoms with Gasteiger partial charge in [-0.1, -0.05) is 40.2 Å². The number of fused-ring (bicyclic) bond motifs is 3. The van der Waals surface area contributed by atoms with Crippen molar-refractivity contribution in [2.45, 2.75) is 25.3 Å². The van der Waals surface area contributed by atoms with E-state index >= 15 is 0 Å². The van der Waals surface area contributed by atoms with Crippen LogP contribution < -0.4 is 10.6 Å². The van der Waals surface area contributed by atoms with Crippen LogP contribution in [-0.2, 0) is 4.79 Å². The van der Waals surface area contributed by atoms with Crippen molar-refractivity contribution in [1.29, 1.82) is 0 Å². The molecule has 0 radical (unpaired) electrons. The van der Waals surface area contributed by atoms with Crippen LogP contribution in [0.5, 0.6) is 0 Å². The molecular formula is C21H19BrN6O. The number of aromatic nitrogens is 4. The highest BCUT2D eigenvalue weighted by Gasteiger charge is 2.23. The molecule has 1 fully saturated rings. The number of hydrogen-bond donors (Lipinski definition) is 2. The minimum atomic E-state index is -0.342. The van der Waals surface area contributed by atoms with E-state index < -0.39 is 0 Å². The molecule has 1 aliphatic rings. The quantitative estimate of drug-likeness (QED) is 0.495. The molecule has 0 aliphatic carbocycles. The molecule has 1 atom stereocenters. The summed E-state index contributed by atoms with van der Waals surface area (Å²) in [5.74, 6) is 1.12. The van der Waals surface area contributed by atoms with E-state index in [1.807, 2.05) is 48.5 Å². The number of nitrogens with zero attached hydrogens (tertiary/aromatic N) is 4. The zero-order valence-electron chi connectivity index (χ0n) is 15.6. The second-order valence-electron chi connectivity index (χ2n) is 7.09. The van der Waals surface area contributed by atoms with Gasteiger partial charge in [-0.2, -0.15) is 4.52 Å². The van der Waals surface area contributed by atoms with Gasteiger partial charge in [-0.3, -0.25) is 4.79 Å². The first-order valence-corrected chi connectivity index (χ1v) is 10.4. The largest absolute Gasteiger partial charge is 0.354 e. The van der Waals surface area contributed by atoms with Gasteiger partial charge in [-0.05, 0) is 43.5 Å². The molecule has 0 spiro atoms. The molecule has 0 unspecified atom stereocenters. The second-order valence-corrected chi connectivity index (χ2v) is 7.94. The van der Waals surface area contributed by atoms with Crippen molar-refractivity contribution in [2.75, 3.05) is 11.9 Å². The van der Waals surface area contributed by atoms with E-state index in [0.717, 1.165) is 40.2 Å². The van der Waals surface area contributed by atoms with E-state index in [9.17, 15) is 4.79 Å². The van der Waals surface area contributed by atoms with Crippen LogP contribution in [0.25, 0.3) is 27.9 Å². The molecule has 29 heavy (non-hydrogen) atoms. The molecule has 0 saturated carbocycles. The highest BCUT2D eigenvalue weighted by atomic mass is 79.9. The number of anilines is 1. The van der Waals surface area contributed by atoms with E-state index in [1.54, 1.807) is 4.52 Å². The van der Waals surface area contributed by atoms with Gasteiger partial charge in [0.15, 0.2) is 11.5 Å². The lowest BCUT2D eigenvalue weighted by atomic mass is 10.1. The van der Waals surface area contributed by atoms with Crippen molar-refractivity contribution in [3.63, 3.8) is 0 Å². The molecule has 2 N–H and O–H groups in total. The predicted octanol–water partition coefficient (Wildman–Crippen LogP) is 3.79. The monoisotopic (exact) mass is 450 g/mol. The van der Waals surface area contributed by atoms with E-state index in [4.69, 9.17) is 15.1 Å². The molecule has 2 aromatic carbocycles.